The molecule has 0 spiro atoms. The molecule has 0 saturated heterocycles. The molecule has 0 unspecified atom stereocenters. The first-order valence-electron chi connectivity index (χ1n) is 5.18. The molecule has 1 aliphatic rings. The Labute approximate surface area is 109 Å². The van der Waals surface area contributed by atoms with Crippen molar-refractivity contribution in [3.05, 3.63) is 23.8 Å². The fourth-order valence-electron chi connectivity index (χ4n) is 1.60. The van der Waals surface area contributed by atoms with Gasteiger partial charge in [0.25, 0.3) is 5.92 Å². The minimum atomic E-state index is -3.36. The number of fused-ring (bicyclic) bond motifs is 1. The fraction of sp³-hybridized carbons (Fsp3) is 0.455. The first-order valence-corrected chi connectivity index (χ1v) is 5.18. The van der Waals surface area contributed by atoms with E-state index in [9.17, 15) is 8.78 Å². The van der Waals surface area contributed by atoms with E-state index in [2.05, 4.69) is 0 Å². The predicted octanol–water partition coefficient (Wildman–Crippen LogP) is 1.51. The molecule has 102 valence electrons. The van der Waals surface area contributed by atoms with Crippen LogP contribution in [-0.4, -0.2) is 30.8 Å². The smallest absolute Gasteiger partial charge is 0.289 e. The summed E-state index contributed by atoms with van der Waals surface area (Å²) in [6, 6.07) is 2.84. The van der Waals surface area contributed by atoms with Gasteiger partial charge in [0.15, 0.2) is 11.5 Å². The fourth-order valence-corrected chi connectivity index (χ4v) is 1.60. The van der Waals surface area contributed by atoms with E-state index in [1.807, 2.05) is 0 Å². The highest BCUT2D eigenvalue weighted by molar-refractivity contribution is 5.85. The first kappa shape index (κ1) is 14.9. The molecule has 1 atom stereocenters. The predicted molar refractivity (Wildman–Crippen MR) is 63.6 cm³/mol. The van der Waals surface area contributed by atoms with Crippen LogP contribution < -0.4 is 15.2 Å². The molecule has 7 heteroatoms. The average molecular weight is 282 g/mol. The number of aliphatic hydroxyl groups is 1. The van der Waals surface area contributed by atoms with E-state index in [0.29, 0.717) is 24.7 Å². The summed E-state index contributed by atoms with van der Waals surface area (Å²) in [5, 5.41) is 8.58. The topological polar surface area (TPSA) is 64.7 Å². The summed E-state index contributed by atoms with van der Waals surface area (Å²) in [4.78, 5) is 0. The van der Waals surface area contributed by atoms with E-state index in [0.717, 1.165) is 0 Å². The maximum absolute atomic E-state index is 13.2. The highest BCUT2D eigenvalue weighted by Gasteiger charge is 2.37. The molecule has 2 rings (SSSR count). The molecule has 4 nitrogen and oxygen atoms in total. The molecule has 1 aliphatic heterocycles. The van der Waals surface area contributed by atoms with Gasteiger partial charge in [0.1, 0.15) is 19.8 Å². The number of benzene rings is 1. The monoisotopic (exact) mass is 281 g/mol. The molecule has 0 aliphatic carbocycles. The lowest BCUT2D eigenvalue weighted by Crippen LogP contribution is -2.36. The molecule has 0 radical (unpaired) electrons. The maximum Gasteiger partial charge on any atom is 0.289 e. The largest absolute Gasteiger partial charge is 0.486 e. The lowest BCUT2D eigenvalue weighted by atomic mass is 10.0. The second-order valence-electron chi connectivity index (χ2n) is 3.80. The number of ether oxygens (including phenoxy) is 2. The van der Waals surface area contributed by atoms with Crippen LogP contribution in [0.15, 0.2) is 18.2 Å². The highest BCUT2D eigenvalue weighted by Crippen LogP contribution is 2.36. The molecule has 0 fully saturated rings. The summed E-state index contributed by atoms with van der Waals surface area (Å²) in [6.45, 7) is -0.476. The zero-order valence-electron chi connectivity index (χ0n) is 9.44. The van der Waals surface area contributed by atoms with Gasteiger partial charge in [0.05, 0.1) is 6.04 Å². The van der Waals surface area contributed by atoms with Crippen molar-refractivity contribution >= 4 is 12.4 Å². The van der Waals surface area contributed by atoms with E-state index >= 15 is 0 Å². The third-order valence-electron chi connectivity index (χ3n) is 2.59. The Kier molecular flexibility index (Phi) is 4.72. The van der Waals surface area contributed by atoms with Gasteiger partial charge in [-0.3, -0.25) is 0 Å². The second kappa shape index (κ2) is 5.69. The molecular weight excluding hydrogens is 268 g/mol. The number of nitrogens with two attached hydrogens (primary N) is 1. The SMILES string of the molecule is Cl.N[C@@H](c1ccc2c(c1)OCCO2)C(F)(F)CO. The Hall–Kier alpha value is -1.11. The molecule has 1 aromatic carbocycles. The number of hydrogen-bond donors (Lipinski definition) is 2. The summed E-state index contributed by atoms with van der Waals surface area (Å²) >= 11 is 0. The molecule has 0 amide bonds. The summed E-state index contributed by atoms with van der Waals surface area (Å²) in [5.74, 6) is -2.44. The van der Waals surface area contributed by atoms with Crippen molar-refractivity contribution in [1.29, 1.82) is 0 Å². The van der Waals surface area contributed by atoms with Crippen LogP contribution in [0.4, 0.5) is 8.78 Å². The molecule has 1 aromatic rings. The third-order valence-corrected chi connectivity index (χ3v) is 2.59. The van der Waals surface area contributed by atoms with Crippen molar-refractivity contribution in [1.82, 2.24) is 0 Å². The van der Waals surface area contributed by atoms with Crippen molar-refractivity contribution < 1.29 is 23.4 Å². The zero-order chi connectivity index (χ0) is 12.5. The van der Waals surface area contributed by atoms with Gasteiger partial charge >= 0.3 is 0 Å². The van der Waals surface area contributed by atoms with Gasteiger partial charge in [-0.15, -0.1) is 12.4 Å². The number of halogens is 3. The number of aliphatic hydroxyl groups excluding tert-OH is 1. The van der Waals surface area contributed by atoms with Crippen molar-refractivity contribution in [3.8, 4) is 11.5 Å². The Bertz CT molecular complexity index is 417. The number of rotatable bonds is 3. The minimum Gasteiger partial charge on any atom is -0.486 e. The van der Waals surface area contributed by atoms with Crippen LogP contribution in [0.5, 0.6) is 11.5 Å². The van der Waals surface area contributed by atoms with Crippen LogP contribution in [0, 0.1) is 0 Å². The van der Waals surface area contributed by atoms with Gasteiger partial charge in [-0.25, -0.2) is 8.78 Å². The normalized spacial score (nSPS) is 15.8. The van der Waals surface area contributed by atoms with Crippen molar-refractivity contribution in [3.63, 3.8) is 0 Å². The highest BCUT2D eigenvalue weighted by atomic mass is 35.5. The van der Waals surface area contributed by atoms with Crippen molar-refractivity contribution in [2.45, 2.75) is 12.0 Å². The molecule has 1 heterocycles. The van der Waals surface area contributed by atoms with Gasteiger partial charge < -0.3 is 20.3 Å². The average Bonchev–Trinajstić information content (AvgIpc) is 2.37. The van der Waals surface area contributed by atoms with Gasteiger partial charge in [0.2, 0.25) is 0 Å². The van der Waals surface area contributed by atoms with Gasteiger partial charge in [-0.1, -0.05) is 6.07 Å². The third kappa shape index (κ3) is 2.82. The van der Waals surface area contributed by atoms with Gasteiger partial charge in [-0.2, -0.15) is 0 Å². The zero-order valence-corrected chi connectivity index (χ0v) is 10.3. The molecule has 0 saturated carbocycles. The van der Waals surface area contributed by atoms with E-state index in [1.165, 1.54) is 18.2 Å². The van der Waals surface area contributed by atoms with Crippen LogP contribution in [0.2, 0.25) is 0 Å². The quantitative estimate of drug-likeness (QED) is 0.881. The van der Waals surface area contributed by atoms with Crippen molar-refractivity contribution in [2.75, 3.05) is 19.8 Å². The Morgan fingerprint density at radius 2 is 1.89 bits per heavy atom. The van der Waals surface area contributed by atoms with Gasteiger partial charge in [0, 0.05) is 0 Å². The summed E-state index contributed by atoms with van der Waals surface area (Å²) in [7, 11) is 0. The Balaban J connectivity index is 0.00000162. The van der Waals surface area contributed by atoms with E-state index in [-0.39, 0.29) is 18.0 Å². The maximum atomic E-state index is 13.2. The number of hydrogen-bond acceptors (Lipinski definition) is 4. The van der Waals surface area contributed by atoms with Crippen LogP contribution >= 0.6 is 12.4 Å². The summed E-state index contributed by atoms with van der Waals surface area (Å²) in [6.07, 6.45) is 0. The molecule has 3 N–H and O–H groups in total. The summed E-state index contributed by atoms with van der Waals surface area (Å²) < 4.78 is 37.0. The van der Waals surface area contributed by atoms with E-state index < -0.39 is 18.6 Å². The van der Waals surface area contributed by atoms with Crippen molar-refractivity contribution in [2.24, 2.45) is 5.73 Å². The lowest BCUT2D eigenvalue weighted by Gasteiger charge is -2.24. The van der Waals surface area contributed by atoms with E-state index in [4.69, 9.17) is 20.3 Å². The molecule has 18 heavy (non-hydrogen) atoms. The van der Waals surface area contributed by atoms with Crippen LogP contribution in [0.25, 0.3) is 0 Å². The second-order valence-corrected chi connectivity index (χ2v) is 3.80. The van der Waals surface area contributed by atoms with Crippen LogP contribution in [0.3, 0.4) is 0 Å². The lowest BCUT2D eigenvalue weighted by molar-refractivity contribution is -0.0712. The van der Waals surface area contributed by atoms with Crippen LogP contribution in [-0.2, 0) is 0 Å². The molecule has 0 aromatic heterocycles. The minimum absolute atomic E-state index is 0. The molecule has 0 bridgehead atoms. The first-order chi connectivity index (χ1) is 8.04. The number of alkyl halides is 2. The Morgan fingerprint density at radius 3 is 2.50 bits per heavy atom. The summed E-state index contributed by atoms with van der Waals surface area (Å²) in [5.41, 5.74) is 5.61. The Morgan fingerprint density at radius 1 is 1.28 bits per heavy atom. The van der Waals surface area contributed by atoms with E-state index in [1.54, 1.807) is 0 Å². The molecular formula is C11H14ClF2NO3. The van der Waals surface area contributed by atoms with Crippen LogP contribution in [0.1, 0.15) is 11.6 Å². The van der Waals surface area contributed by atoms with Gasteiger partial charge in [-0.05, 0) is 17.7 Å². The standard InChI is InChI=1S/C11H13F2NO3.ClH/c12-11(13,6-15)10(14)7-1-2-8-9(5-7)17-4-3-16-8;/h1-2,5,10,15H,3-4,6,14H2;1H/t10-;/m0./s1.